The SMILES string of the molecule is NC(=O)c1cccc(-c2ccc(Oc3ccc(C(F)(F)F)cc3C=O)cc2)n1. The molecule has 28 heavy (non-hydrogen) atoms. The molecule has 1 heterocycles. The number of benzene rings is 2. The molecule has 0 aliphatic heterocycles. The third-order valence-corrected chi connectivity index (χ3v) is 3.84. The molecule has 1 aromatic heterocycles. The van der Waals surface area contributed by atoms with Gasteiger partial charge in [0.1, 0.15) is 17.2 Å². The molecule has 0 fully saturated rings. The van der Waals surface area contributed by atoms with Gasteiger partial charge in [0.05, 0.1) is 16.8 Å². The predicted octanol–water partition coefficient (Wildman–Crippen LogP) is 4.47. The van der Waals surface area contributed by atoms with E-state index in [0.29, 0.717) is 23.3 Å². The summed E-state index contributed by atoms with van der Waals surface area (Å²) in [7, 11) is 0. The largest absolute Gasteiger partial charge is 0.457 e. The number of primary amides is 1. The van der Waals surface area contributed by atoms with Crippen molar-refractivity contribution in [3.63, 3.8) is 0 Å². The molecule has 8 heteroatoms. The zero-order valence-electron chi connectivity index (χ0n) is 14.2. The van der Waals surface area contributed by atoms with Crippen molar-refractivity contribution in [3.05, 3.63) is 77.5 Å². The second-order valence-corrected chi connectivity index (χ2v) is 5.77. The molecule has 0 saturated carbocycles. The van der Waals surface area contributed by atoms with Crippen LogP contribution in [0.3, 0.4) is 0 Å². The van der Waals surface area contributed by atoms with E-state index in [1.54, 1.807) is 36.4 Å². The highest BCUT2D eigenvalue weighted by molar-refractivity contribution is 5.91. The van der Waals surface area contributed by atoms with Crippen LogP contribution in [0.1, 0.15) is 26.4 Å². The first kappa shape index (κ1) is 19.1. The van der Waals surface area contributed by atoms with Gasteiger partial charge in [-0.05, 0) is 54.6 Å². The van der Waals surface area contributed by atoms with Crippen LogP contribution in [0.15, 0.2) is 60.7 Å². The Balaban J connectivity index is 1.84. The van der Waals surface area contributed by atoms with Gasteiger partial charge >= 0.3 is 6.18 Å². The lowest BCUT2D eigenvalue weighted by Crippen LogP contribution is -2.12. The number of rotatable bonds is 5. The maximum Gasteiger partial charge on any atom is 0.416 e. The van der Waals surface area contributed by atoms with E-state index in [2.05, 4.69) is 4.98 Å². The van der Waals surface area contributed by atoms with Crippen molar-refractivity contribution in [2.24, 2.45) is 5.73 Å². The predicted molar refractivity (Wildman–Crippen MR) is 95.1 cm³/mol. The molecule has 0 aliphatic carbocycles. The van der Waals surface area contributed by atoms with Gasteiger partial charge in [0.25, 0.3) is 5.91 Å². The molecule has 1 amide bonds. The van der Waals surface area contributed by atoms with Crippen LogP contribution in [0.25, 0.3) is 11.3 Å². The normalized spacial score (nSPS) is 11.1. The Hall–Kier alpha value is -3.68. The number of hydrogen-bond donors (Lipinski definition) is 1. The molecule has 0 radical (unpaired) electrons. The highest BCUT2D eigenvalue weighted by Crippen LogP contribution is 2.34. The molecule has 0 aliphatic rings. The number of carbonyl (C=O) groups excluding carboxylic acids is 2. The minimum Gasteiger partial charge on any atom is -0.457 e. The quantitative estimate of drug-likeness (QED) is 0.656. The third kappa shape index (κ3) is 4.17. The summed E-state index contributed by atoms with van der Waals surface area (Å²) in [5, 5.41) is 0. The summed E-state index contributed by atoms with van der Waals surface area (Å²) in [5.41, 5.74) is 5.39. The number of halogens is 3. The van der Waals surface area contributed by atoms with Gasteiger partial charge in [0, 0.05) is 5.56 Å². The van der Waals surface area contributed by atoms with Gasteiger partial charge in [0.15, 0.2) is 6.29 Å². The monoisotopic (exact) mass is 386 g/mol. The highest BCUT2D eigenvalue weighted by Gasteiger charge is 2.31. The lowest BCUT2D eigenvalue weighted by molar-refractivity contribution is -0.137. The van der Waals surface area contributed by atoms with Crippen molar-refractivity contribution >= 4 is 12.2 Å². The first-order valence-corrected chi connectivity index (χ1v) is 7.99. The second kappa shape index (κ2) is 7.51. The molecule has 0 atom stereocenters. The van der Waals surface area contributed by atoms with Crippen LogP contribution in [0.2, 0.25) is 0 Å². The van der Waals surface area contributed by atoms with Crippen LogP contribution in [0, 0.1) is 0 Å². The van der Waals surface area contributed by atoms with E-state index in [9.17, 15) is 22.8 Å². The third-order valence-electron chi connectivity index (χ3n) is 3.84. The summed E-state index contributed by atoms with van der Waals surface area (Å²) in [4.78, 5) is 26.5. The van der Waals surface area contributed by atoms with Gasteiger partial charge in [-0.1, -0.05) is 6.07 Å². The zero-order valence-corrected chi connectivity index (χ0v) is 14.2. The van der Waals surface area contributed by atoms with E-state index >= 15 is 0 Å². The minimum absolute atomic E-state index is 0.00426. The van der Waals surface area contributed by atoms with Crippen molar-refractivity contribution in [2.75, 3.05) is 0 Å². The van der Waals surface area contributed by atoms with Crippen molar-refractivity contribution < 1.29 is 27.5 Å². The lowest BCUT2D eigenvalue weighted by atomic mass is 10.1. The van der Waals surface area contributed by atoms with Gasteiger partial charge in [-0.25, -0.2) is 4.98 Å². The Morgan fingerprint density at radius 3 is 2.36 bits per heavy atom. The summed E-state index contributed by atoms with van der Waals surface area (Å²) in [6, 6.07) is 14.0. The first-order chi connectivity index (χ1) is 13.3. The molecule has 3 rings (SSSR count). The molecule has 2 aromatic carbocycles. The van der Waals surface area contributed by atoms with E-state index in [1.807, 2.05) is 0 Å². The number of pyridine rings is 1. The Bertz CT molecular complexity index is 1030. The van der Waals surface area contributed by atoms with Crippen LogP contribution in [-0.4, -0.2) is 17.2 Å². The molecular formula is C20H13F3N2O3. The highest BCUT2D eigenvalue weighted by atomic mass is 19.4. The van der Waals surface area contributed by atoms with Gasteiger partial charge < -0.3 is 10.5 Å². The summed E-state index contributed by atoms with van der Waals surface area (Å²) >= 11 is 0. The van der Waals surface area contributed by atoms with Crippen LogP contribution in [0.5, 0.6) is 11.5 Å². The number of nitrogens with zero attached hydrogens (tertiary/aromatic N) is 1. The number of amides is 1. The van der Waals surface area contributed by atoms with Crippen molar-refractivity contribution in [2.45, 2.75) is 6.18 Å². The fourth-order valence-corrected chi connectivity index (χ4v) is 2.46. The minimum atomic E-state index is -4.55. The van der Waals surface area contributed by atoms with Gasteiger partial charge in [0.2, 0.25) is 0 Å². The Morgan fingerprint density at radius 2 is 1.75 bits per heavy atom. The van der Waals surface area contributed by atoms with Crippen LogP contribution >= 0.6 is 0 Å². The molecular weight excluding hydrogens is 373 g/mol. The Kier molecular flexibility index (Phi) is 5.12. The summed E-state index contributed by atoms with van der Waals surface area (Å²) in [6.45, 7) is 0. The molecule has 0 bridgehead atoms. The smallest absolute Gasteiger partial charge is 0.416 e. The summed E-state index contributed by atoms with van der Waals surface area (Å²) in [5.74, 6) is -0.326. The van der Waals surface area contributed by atoms with Crippen molar-refractivity contribution in [1.29, 1.82) is 0 Å². The van der Waals surface area contributed by atoms with Gasteiger partial charge in [-0.3, -0.25) is 9.59 Å². The number of aromatic nitrogens is 1. The maximum absolute atomic E-state index is 12.8. The van der Waals surface area contributed by atoms with E-state index in [4.69, 9.17) is 10.5 Å². The summed E-state index contributed by atoms with van der Waals surface area (Å²) in [6.07, 6.45) is -4.25. The average Bonchev–Trinajstić information content (AvgIpc) is 2.68. The molecule has 2 N–H and O–H groups in total. The molecule has 0 saturated heterocycles. The van der Waals surface area contributed by atoms with Crippen LogP contribution in [-0.2, 0) is 6.18 Å². The average molecular weight is 386 g/mol. The number of nitrogens with two attached hydrogens (primary N) is 1. The van der Waals surface area contributed by atoms with E-state index in [0.717, 1.165) is 18.2 Å². The molecule has 5 nitrogen and oxygen atoms in total. The standard InChI is InChI=1S/C20H13F3N2O3/c21-20(22,23)14-6-9-18(13(10-14)11-26)28-15-7-4-12(5-8-15)16-2-1-3-17(25-16)19(24)27/h1-11H,(H2,24,27). The molecule has 0 unspecified atom stereocenters. The van der Waals surface area contributed by atoms with Crippen molar-refractivity contribution in [3.8, 4) is 22.8 Å². The Labute approximate surface area is 157 Å². The molecule has 0 spiro atoms. The van der Waals surface area contributed by atoms with E-state index in [1.165, 1.54) is 6.07 Å². The Morgan fingerprint density at radius 1 is 1.04 bits per heavy atom. The number of carbonyl (C=O) groups is 2. The fraction of sp³-hybridized carbons (Fsp3) is 0.0500. The second-order valence-electron chi connectivity index (χ2n) is 5.77. The summed E-state index contributed by atoms with van der Waals surface area (Å²) < 4.78 is 43.8. The first-order valence-electron chi connectivity index (χ1n) is 7.99. The number of ether oxygens (including phenoxy) is 1. The maximum atomic E-state index is 12.8. The van der Waals surface area contributed by atoms with E-state index in [-0.39, 0.29) is 17.0 Å². The van der Waals surface area contributed by atoms with Gasteiger partial charge in [-0.15, -0.1) is 0 Å². The van der Waals surface area contributed by atoms with Crippen molar-refractivity contribution in [1.82, 2.24) is 4.98 Å². The number of alkyl halides is 3. The molecule has 142 valence electrons. The van der Waals surface area contributed by atoms with E-state index < -0.39 is 17.6 Å². The zero-order chi connectivity index (χ0) is 20.3. The number of aldehydes is 1. The number of hydrogen-bond acceptors (Lipinski definition) is 4. The fourth-order valence-electron chi connectivity index (χ4n) is 2.46. The van der Waals surface area contributed by atoms with Gasteiger partial charge in [-0.2, -0.15) is 13.2 Å². The van der Waals surface area contributed by atoms with Crippen LogP contribution in [0.4, 0.5) is 13.2 Å². The topological polar surface area (TPSA) is 82.3 Å². The lowest BCUT2D eigenvalue weighted by Gasteiger charge is -2.12. The van der Waals surface area contributed by atoms with Crippen LogP contribution < -0.4 is 10.5 Å². The molecule has 3 aromatic rings.